The lowest BCUT2D eigenvalue weighted by Crippen LogP contribution is -2.36. The number of hydrogen-bond acceptors (Lipinski definition) is 3. The lowest BCUT2D eigenvalue weighted by Gasteiger charge is -2.23. The summed E-state index contributed by atoms with van der Waals surface area (Å²) in [5.74, 6) is 2.30. The van der Waals surface area contributed by atoms with Crippen molar-refractivity contribution < 1.29 is 4.79 Å². The fourth-order valence-electron chi connectivity index (χ4n) is 2.27. The van der Waals surface area contributed by atoms with E-state index >= 15 is 0 Å². The van der Waals surface area contributed by atoms with Crippen molar-refractivity contribution in [2.45, 2.75) is 12.5 Å². The van der Waals surface area contributed by atoms with Crippen molar-refractivity contribution in [3.63, 3.8) is 0 Å². The van der Waals surface area contributed by atoms with Crippen LogP contribution in [0.2, 0.25) is 0 Å². The number of hydrogen-bond donors (Lipinski definition) is 1. The van der Waals surface area contributed by atoms with Gasteiger partial charge in [0, 0.05) is 29.8 Å². The summed E-state index contributed by atoms with van der Waals surface area (Å²) >= 11 is 1.92. The highest BCUT2D eigenvalue weighted by atomic mass is 32.2. The van der Waals surface area contributed by atoms with Crippen LogP contribution < -0.4 is 0 Å². The number of carbonyl (C=O) groups excluding carboxylic acids is 1. The van der Waals surface area contributed by atoms with Gasteiger partial charge in [-0.15, -0.1) is 0 Å². The van der Waals surface area contributed by atoms with Gasteiger partial charge >= 0.3 is 0 Å². The maximum atomic E-state index is 12.4. The smallest absolute Gasteiger partial charge is 0.253 e. The van der Waals surface area contributed by atoms with Gasteiger partial charge in [-0.1, -0.05) is 6.07 Å². The second-order valence-electron chi connectivity index (χ2n) is 4.61. The average molecular weight is 261 g/mol. The van der Waals surface area contributed by atoms with E-state index in [0.717, 1.165) is 34.4 Å². The van der Waals surface area contributed by atoms with Gasteiger partial charge < -0.3 is 4.90 Å². The molecule has 0 aliphatic carbocycles. The number of aromatic amines is 1. The molecule has 18 heavy (non-hydrogen) atoms. The molecule has 1 atom stereocenters. The lowest BCUT2D eigenvalue weighted by molar-refractivity contribution is 0.0748. The Morgan fingerprint density at radius 1 is 1.56 bits per heavy atom. The molecular formula is C13H15N3OS. The van der Waals surface area contributed by atoms with Gasteiger partial charge in [-0.2, -0.15) is 16.9 Å². The van der Waals surface area contributed by atoms with Crippen molar-refractivity contribution in [1.82, 2.24) is 15.1 Å². The van der Waals surface area contributed by atoms with Gasteiger partial charge in [0.1, 0.15) is 0 Å². The van der Waals surface area contributed by atoms with E-state index in [1.54, 1.807) is 6.20 Å². The van der Waals surface area contributed by atoms with Gasteiger partial charge in [0.15, 0.2) is 0 Å². The standard InChI is InChI=1S/C13H15N3OS/c1-16(11-4-5-18-8-11)13(17)9-2-3-10-7-14-15-12(10)6-9/h2-3,6-7,11H,4-5,8H2,1H3,(H,14,15). The molecule has 1 aromatic heterocycles. The molecule has 1 N–H and O–H groups in total. The number of nitrogens with one attached hydrogen (secondary N) is 1. The summed E-state index contributed by atoms with van der Waals surface area (Å²) in [6.07, 6.45) is 2.86. The predicted molar refractivity (Wildman–Crippen MR) is 73.9 cm³/mol. The average Bonchev–Trinajstić information content (AvgIpc) is 3.06. The fraction of sp³-hybridized carbons (Fsp3) is 0.385. The van der Waals surface area contributed by atoms with Crippen molar-refractivity contribution in [2.24, 2.45) is 0 Å². The zero-order valence-corrected chi connectivity index (χ0v) is 11.0. The highest BCUT2D eigenvalue weighted by Gasteiger charge is 2.24. The first-order valence-electron chi connectivity index (χ1n) is 6.04. The molecule has 4 nitrogen and oxygen atoms in total. The molecular weight excluding hydrogens is 246 g/mol. The molecule has 5 heteroatoms. The van der Waals surface area contributed by atoms with Crippen LogP contribution in [0.1, 0.15) is 16.8 Å². The van der Waals surface area contributed by atoms with Crippen LogP contribution in [0.15, 0.2) is 24.4 Å². The number of rotatable bonds is 2. The van der Waals surface area contributed by atoms with E-state index in [1.807, 2.05) is 41.9 Å². The molecule has 0 saturated carbocycles. The second kappa shape index (κ2) is 4.65. The van der Waals surface area contributed by atoms with Crippen LogP contribution in [0.5, 0.6) is 0 Å². The van der Waals surface area contributed by atoms with Crippen molar-refractivity contribution in [3.8, 4) is 0 Å². The molecule has 1 amide bonds. The Morgan fingerprint density at radius 2 is 2.44 bits per heavy atom. The van der Waals surface area contributed by atoms with E-state index in [9.17, 15) is 4.79 Å². The van der Waals surface area contributed by atoms with Crippen LogP contribution in [-0.2, 0) is 0 Å². The molecule has 1 aliphatic heterocycles. The first-order chi connectivity index (χ1) is 8.75. The third kappa shape index (κ3) is 1.99. The van der Waals surface area contributed by atoms with Crippen molar-refractivity contribution in [2.75, 3.05) is 18.6 Å². The third-order valence-electron chi connectivity index (χ3n) is 3.46. The van der Waals surface area contributed by atoms with E-state index in [1.165, 1.54) is 0 Å². The van der Waals surface area contributed by atoms with Crippen LogP contribution in [0.25, 0.3) is 10.9 Å². The zero-order valence-electron chi connectivity index (χ0n) is 10.2. The van der Waals surface area contributed by atoms with Gasteiger partial charge in [0.25, 0.3) is 5.91 Å². The van der Waals surface area contributed by atoms with Gasteiger partial charge in [0.2, 0.25) is 0 Å². The van der Waals surface area contributed by atoms with Crippen LogP contribution in [0.4, 0.5) is 0 Å². The summed E-state index contributed by atoms with van der Waals surface area (Å²) in [5, 5.41) is 7.90. The Morgan fingerprint density at radius 3 is 3.22 bits per heavy atom. The van der Waals surface area contributed by atoms with Crippen LogP contribution in [0.3, 0.4) is 0 Å². The summed E-state index contributed by atoms with van der Waals surface area (Å²) in [5.41, 5.74) is 1.64. The Labute approximate surface area is 110 Å². The normalized spacial score (nSPS) is 19.3. The maximum absolute atomic E-state index is 12.4. The molecule has 3 rings (SSSR count). The molecule has 2 heterocycles. The maximum Gasteiger partial charge on any atom is 0.253 e. The number of fused-ring (bicyclic) bond motifs is 1. The van der Waals surface area contributed by atoms with Crippen molar-refractivity contribution in [1.29, 1.82) is 0 Å². The van der Waals surface area contributed by atoms with Gasteiger partial charge in [0.05, 0.1) is 11.7 Å². The molecule has 94 valence electrons. The van der Waals surface area contributed by atoms with E-state index in [0.29, 0.717) is 6.04 Å². The monoisotopic (exact) mass is 261 g/mol. The largest absolute Gasteiger partial charge is 0.338 e. The van der Waals surface area contributed by atoms with E-state index in [2.05, 4.69) is 10.2 Å². The highest BCUT2D eigenvalue weighted by Crippen LogP contribution is 2.23. The minimum Gasteiger partial charge on any atom is -0.338 e. The Bertz CT molecular complexity index is 574. The highest BCUT2D eigenvalue weighted by molar-refractivity contribution is 7.99. The molecule has 0 spiro atoms. The minimum absolute atomic E-state index is 0.0963. The topological polar surface area (TPSA) is 49.0 Å². The number of H-pyrrole nitrogens is 1. The Balaban J connectivity index is 1.86. The fourth-order valence-corrected chi connectivity index (χ4v) is 3.53. The SMILES string of the molecule is CN(C(=O)c1ccc2cn[nH]c2c1)C1CCSC1. The number of amides is 1. The number of aromatic nitrogens is 2. The molecule has 0 bridgehead atoms. The lowest BCUT2D eigenvalue weighted by atomic mass is 10.1. The van der Waals surface area contributed by atoms with Crippen molar-refractivity contribution >= 4 is 28.6 Å². The number of carbonyl (C=O) groups is 1. The first kappa shape index (κ1) is 11.6. The van der Waals surface area contributed by atoms with Gasteiger partial charge in [-0.3, -0.25) is 9.89 Å². The van der Waals surface area contributed by atoms with Crippen LogP contribution in [0, 0.1) is 0 Å². The molecule has 0 radical (unpaired) electrons. The summed E-state index contributed by atoms with van der Waals surface area (Å²) in [7, 11) is 1.90. The van der Waals surface area contributed by atoms with Gasteiger partial charge in [-0.05, 0) is 24.3 Å². The molecule has 1 aliphatic rings. The van der Waals surface area contributed by atoms with E-state index in [-0.39, 0.29) is 5.91 Å². The summed E-state index contributed by atoms with van der Waals surface area (Å²) in [4.78, 5) is 14.3. The summed E-state index contributed by atoms with van der Waals surface area (Å²) < 4.78 is 0. The van der Waals surface area contributed by atoms with E-state index in [4.69, 9.17) is 0 Å². The van der Waals surface area contributed by atoms with Gasteiger partial charge in [-0.25, -0.2) is 0 Å². The summed E-state index contributed by atoms with van der Waals surface area (Å²) in [6.45, 7) is 0. The second-order valence-corrected chi connectivity index (χ2v) is 5.76. The number of nitrogens with zero attached hydrogens (tertiary/aromatic N) is 2. The molecule has 1 fully saturated rings. The Hall–Kier alpha value is -1.49. The minimum atomic E-state index is 0.0963. The Kier molecular flexibility index (Phi) is 2.99. The first-order valence-corrected chi connectivity index (χ1v) is 7.19. The molecule has 2 aromatic rings. The third-order valence-corrected chi connectivity index (χ3v) is 4.61. The van der Waals surface area contributed by atoms with Crippen LogP contribution in [-0.4, -0.2) is 45.6 Å². The molecule has 1 aromatic carbocycles. The molecule has 1 unspecified atom stereocenters. The number of benzene rings is 1. The molecule has 1 saturated heterocycles. The van der Waals surface area contributed by atoms with E-state index < -0.39 is 0 Å². The quantitative estimate of drug-likeness (QED) is 0.901. The van der Waals surface area contributed by atoms with Crippen LogP contribution >= 0.6 is 11.8 Å². The zero-order chi connectivity index (χ0) is 12.5. The number of thioether (sulfide) groups is 1. The predicted octanol–water partition coefficient (Wildman–Crippen LogP) is 2.14. The van der Waals surface area contributed by atoms with Crippen molar-refractivity contribution in [3.05, 3.63) is 30.0 Å². The summed E-state index contributed by atoms with van der Waals surface area (Å²) in [6, 6.07) is 6.06.